The number of unbranched alkanes of at least 4 members (excludes halogenated alkanes) is 8. The second kappa shape index (κ2) is 14.7. The molecule has 3 heteroatoms. The van der Waals surface area contributed by atoms with E-state index in [2.05, 4.69) is 31.0 Å². The predicted molar refractivity (Wildman–Crippen MR) is 106 cm³/mol. The van der Waals surface area contributed by atoms with Crippen molar-refractivity contribution in [1.29, 1.82) is 0 Å². The minimum atomic E-state index is -0.0121. The highest BCUT2D eigenvalue weighted by molar-refractivity contribution is 5.76. The van der Waals surface area contributed by atoms with Gasteiger partial charge in [0.05, 0.1) is 0 Å². The van der Waals surface area contributed by atoms with E-state index < -0.39 is 0 Å². The maximum absolute atomic E-state index is 12.3. The number of hydrogen-bond acceptors (Lipinski definition) is 2. The smallest absolute Gasteiger partial charge is 0.221 e. The van der Waals surface area contributed by atoms with Crippen LogP contribution in [0.2, 0.25) is 0 Å². The van der Waals surface area contributed by atoms with Gasteiger partial charge in [-0.05, 0) is 33.9 Å². The fourth-order valence-corrected chi connectivity index (χ4v) is 3.21. The molecule has 0 radical (unpaired) electrons. The van der Waals surface area contributed by atoms with E-state index in [0.29, 0.717) is 6.42 Å². The molecule has 0 saturated heterocycles. The van der Waals surface area contributed by atoms with E-state index in [4.69, 9.17) is 0 Å². The third kappa shape index (κ3) is 13.8. The van der Waals surface area contributed by atoms with Crippen molar-refractivity contribution in [1.82, 2.24) is 10.2 Å². The van der Waals surface area contributed by atoms with Gasteiger partial charge in [0, 0.05) is 18.5 Å². The Morgan fingerprint density at radius 1 is 0.833 bits per heavy atom. The SMILES string of the molecule is CCCCCCCC(C)(CCCCCCC)NC(=O)CCN(C)C. The molecule has 0 unspecified atom stereocenters. The molecule has 1 N–H and O–H groups in total. The summed E-state index contributed by atoms with van der Waals surface area (Å²) >= 11 is 0. The molecule has 0 atom stereocenters. The molecule has 0 heterocycles. The molecular weight excluding hydrogens is 296 g/mol. The third-order valence-corrected chi connectivity index (χ3v) is 4.89. The van der Waals surface area contributed by atoms with Crippen molar-refractivity contribution in [2.45, 2.75) is 110 Å². The molecule has 0 aromatic rings. The van der Waals surface area contributed by atoms with Gasteiger partial charge in [0.25, 0.3) is 0 Å². The average molecular weight is 341 g/mol. The van der Waals surface area contributed by atoms with Gasteiger partial charge in [-0.25, -0.2) is 0 Å². The minimum Gasteiger partial charge on any atom is -0.351 e. The molecule has 0 aliphatic heterocycles. The first-order chi connectivity index (χ1) is 11.4. The summed E-state index contributed by atoms with van der Waals surface area (Å²) in [5.74, 6) is 0.216. The second-order valence-corrected chi connectivity index (χ2v) is 7.99. The molecule has 0 rings (SSSR count). The van der Waals surface area contributed by atoms with Crippen LogP contribution in [0.5, 0.6) is 0 Å². The fourth-order valence-electron chi connectivity index (χ4n) is 3.21. The molecule has 0 aromatic heterocycles. The summed E-state index contributed by atoms with van der Waals surface area (Å²) in [6.07, 6.45) is 15.8. The standard InChI is InChI=1S/C21H44N2O/c1-6-8-10-12-14-17-21(3,18-15-13-11-9-7-2)22-20(24)16-19-23(4)5/h6-19H2,1-5H3,(H,22,24). The van der Waals surface area contributed by atoms with Gasteiger partial charge < -0.3 is 10.2 Å². The molecular formula is C21H44N2O. The zero-order chi connectivity index (χ0) is 18.3. The number of rotatable bonds is 16. The maximum Gasteiger partial charge on any atom is 0.221 e. The summed E-state index contributed by atoms with van der Waals surface area (Å²) in [5, 5.41) is 3.36. The van der Waals surface area contributed by atoms with Gasteiger partial charge >= 0.3 is 0 Å². The molecule has 0 aliphatic rings. The Kier molecular flexibility index (Phi) is 14.4. The first-order valence-electron chi connectivity index (χ1n) is 10.4. The largest absolute Gasteiger partial charge is 0.351 e. The van der Waals surface area contributed by atoms with E-state index in [1.807, 2.05) is 14.1 Å². The Hall–Kier alpha value is -0.570. The first-order valence-corrected chi connectivity index (χ1v) is 10.4. The van der Waals surface area contributed by atoms with Crippen molar-refractivity contribution in [2.75, 3.05) is 20.6 Å². The van der Waals surface area contributed by atoms with E-state index in [1.54, 1.807) is 0 Å². The van der Waals surface area contributed by atoms with Gasteiger partial charge in [0.15, 0.2) is 0 Å². The van der Waals surface area contributed by atoms with Crippen LogP contribution in [-0.2, 0) is 4.79 Å². The van der Waals surface area contributed by atoms with Crippen LogP contribution in [-0.4, -0.2) is 37.0 Å². The summed E-state index contributed by atoms with van der Waals surface area (Å²) in [5.41, 5.74) is -0.0121. The van der Waals surface area contributed by atoms with E-state index >= 15 is 0 Å². The van der Waals surface area contributed by atoms with Crippen LogP contribution < -0.4 is 5.32 Å². The lowest BCUT2D eigenvalue weighted by Crippen LogP contribution is -2.46. The number of carbonyl (C=O) groups excluding carboxylic acids is 1. The normalized spacial score (nSPS) is 11.9. The van der Waals surface area contributed by atoms with E-state index in [9.17, 15) is 4.79 Å². The van der Waals surface area contributed by atoms with Crippen LogP contribution in [0, 0.1) is 0 Å². The highest BCUT2D eigenvalue weighted by Crippen LogP contribution is 2.23. The number of carbonyl (C=O) groups is 1. The summed E-state index contributed by atoms with van der Waals surface area (Å²) in [6, 6.07) is 0. The van der Waals surface area contributed by atoms with Gasteiger partial charge in [-0.1, -0.05) is 78.1 Å². The Balaban J connectivity index is 4.30. The number of nitrogens with zero attached hydrogens (tertiary/aromatic N) is 1. The zero-order valence-electron chi connectivity index (χ0n) is 17.3. The van der Waals surface area contributed by atoms with Gasteiger partial charge in [-0.15, -0.1) is 0 Å². The highest BCUT2D eigenvalue weighted by Gasteiger charge is 2.25. The first kappa shape index (κ1) is 23.4. The summed E-state index contributed by atoms with van der Waals surface area (Å²) in [6.45, 7) is 7.60. The van der Waals surface area contributed by atoms with Crippen LogP contribution in [0.15, 0.2) is 0 Å². The predicted octanol–water partition coefficient (Wildman–Crippen LogP) is 5.53. The molecule has 0 fully saturated rings. The number of amides is 1. The Labute approximate surface area is 152 Å². The Morgan fingerprint density at radius 3 is 1.71 bits per heavy atom. The quantitative estimate of drug-likeness (QED) is 0.374. The molecule has 0 aromatic carbocycles. The lowest BCUT2D eigenvalue weighted by molar-refractivity contribution is -0.123. The Morgan fingerprint density at radius 2 is 1.29 bits per heavy atom. The van der Waals surface area contributed by atoms with Crippen LogP contribution in [0.4, 0.5) is 0 Å². The molecule has 3 nitrogen and oxygen atoms in total. The number of nitrogens with one attached hydrogen (secondary N) is 1. The van der Waals surface area contributed by atoms with Crippen molar-refractivity contribution in [2.24, 2.45) is 0 Å². The fraction of sp³-hybridized carbons (Fsp3) is 0.952. The third-order valence-electron chi connectivity index (χ3n) is 4.89. The Bertz CT molecular complexity index is 288. The van der Waals surface area contributed by atoms with Crippen molar-refractivity contribution >= 4 is 5.91 Å². The van der Waals surface area contributed by atoms with Gasteiger partial charge in [0.1, 0.15) is 0 Å². The maximum atomic E-state index is 12.3. The molecule has 144 valence electrons. The summed E-state index contributed by atoms with van der Waals surface area (Å²) in [7, 11) is 4.04. The van der Waals surface area contributed by atoms with E-state index in [0.717, 1.165) is 19.4 Å². The van der Waals surface area contributed by atoms with Crippen LogP contribution in [0.3, 0.4) is 0 Å². The van der Waals surface area contributed by atoms with Crippen molar-refractivity contribution in [3.05, 3.63) is 0 Å². The van der Waals surface area contributed by atoms with Crippen LogP contribution >= 0.6 is 0 Å². The molecule has 0 bridgehead atoms. The van der Waals surface area contributed by atoms with Crippen LogP contribution in [0.25, 0.3) is 0 Å². The van der Waals surface area contributed by atoms with Crippen molar-refractivity contribution < 1.29 is 4.79 Å². The molecule has 1 amide bonds. The lowest BCUT2D eigenvalue weighted by Gasteiger charge is -2.31. The molecule has 0 spiro atoms. The number of hydrogen-bond donors (Lipinski definition) is 1. The van der Waals surface area contributed by atoms with Gasteiger partial charge in [-0.2, -0.15) is 0 Å². The summed E-state index contributed by atoms with van der Waals surface area (Å²) < 4.78 is 0. The van der Waals surface area contributed by atoms with Gasteiger partial charge in [-0.3, -0.25) is 4.79 Å². The monoisotopic (exact) mass is 340 g/mol. The van der Waals surface area contributed by atoms with Crippen molar-refractivity contribution in [3.8, 4) is 0 Å². The highest BCUT2D eigenvalue weighted by atomic mass is 16.1. The van der Waals surface area contributed by atoms with E-state index in [-0.39, 0.29) is 11.4 Å². The molecule has 0 saturated carbocycles. The lowest BCUT2D eigenvalue weighted by atomic mass is 9.87. The van der Waals surface area contributed by atoms with Crippen LogP contribution in [0.1, 0.15) is 104 Å². The average Bonchev–Trinajstić information content (AvgIpc) is 2.52. The topological polar surface area (TPSA) is 32.3 Å². The zero-order valence-corrected chi connectivity index (χ0v) is 17.3. The van der Waals surface area contributed by atoms with Crippen molar-refractivity contribution in [3.63, 3.8) is 0 Å². The second-order valence-electron chi connectivity index (χ2n) is 7.99. The summed E-state index contributed by atoms with van der Waals surface area (Å²) in [4.78, 5) is 14.4. The minimum absolute atomic E-state index is 0.0121. The van der Waals surface area contributed by atoms with Gasteiger partial charge in [0.2, 0.25) is 5.91 Å². The molecule has 0 aliphatic carbocycles. The molecule has 24 heavy (non-hydrogen) atoms. The van der Waals surface area contributed by atoms with E-state index in [1.165, 1.54) is 64.2 Å².